The molecule has 0 heterocycles. The molecule has 4 aliphatic rings. The first-order chi connectivity index (χ1) is 13.3. The molecule has 28 heavy (non-hydrogen) atoms. The molecule has 154 valence electrons. The molecular weight excluding hydrogens is 354 g/mol. The van der Waals surface area contributed by atoms with Gasteiger partial charge in [0, 0.05) is 11.0 Å². The molecule has 0 aromatic carbocycles. The van der Waals surface area contributed by atoms with E-state index in [4.69, 9.17) is 0 Å². The predicted molar refractivity (Wildman–Crippen MR) is 106 cm³/mol. The van der Waals surface area contributed by atoms with E-state index in [0.29, 0.717) is 17.8 Å². The Hall–Kier alpha value is -1.62. The smallest absolute Gasteiger partial charge is 0.325 e. The van der Waals surface area contributed by atoms with E-state index in [9.17, 15) is 14.7 Å². The van der Waals surface area contributed by atoms with Gasteiger partial charge >= 0.3 is 5.97 Å². The molecule has 0 aromatic heterocycles. The summed E-state index contributed by atoms with van der Waals surface area (Å²) in [6, 6.07) is 0. The van der Waals surface area contributed by atoms with E-state index in [1.165, 1.54) is 12.7 Å². The third-order valence-corrected chi connectivity index (χ3v) is 8.52. The highest BCUT2D eigenvalue weighted by molar-refractivity contribution is 5.97. The highest BCUT2D eigenvalue weighted by atomic mass is 16.5. The number of carbonyl (C=O) groups is 2. The summed E-state index contributed by atoms with van der Waals surface area (Å²) in [6.07, 6.45) is 11.3. The standard InChI is InChI=1S/C23H33NO4/c1-22-10-8-15(25)12-14(22)4-5-16-17-6-7-19(21(27)24-13-20(26)28-3)23(17,2)11-9-18(16)22/h4,7,15-18,25H,5-6,8-13H2,1-3H3,(H,24,27)/t15-,16-,17-,18-,22-,23+/m0/s1. The number of aliphatic hydroxyl groups excluding tert-OH is 1. The molecule has 4 rings (SSSR count). The van der Waals surface area contributed by atoms with Gasteiger partial charge in [-0.1, -0.05) is 31.6 Å². The molecule has 0 radical (unpaired) electrons. The largest absolute Gasteiger partial charge is 0.468 e. The minimum absolute atomic E-state index is 0.0774. The van der Waals surface area contributed by atoms with Crippen LogP contribution >= 0.6 is 0 Å². The Morgan fingerprint density at radius 3 is 2.64 bits per heavy atom. The van der Waals surface area contributed by atoms with Gasteiger partial charge in [-0.15, -0.1) is 0 Å². The van der Waals surface area contributed by atoms with Crippen LogP contribution in [0.1, 0.15) is 58.8 Å². The monoisotopic (exact) mass is 387 g/mol. The maximum Gasteiger partial charge on any atom is 0.325 e. The number of allylic oxidation sites excluding steroid dienone is 2. The molecular formula is C23H33NO4. The molecule has 2 N–H and O–H groups in total. The Balaban J connectivity index is 1.53. The number of hydrogen-bond acceptors (Lipinski definition) is 4. The quantitative estimate of drug-likeness (QED) is 0.576. The maximum atomic E-state index is 12.8. The van der Waals surface area contributed by atoms with Crippen molar-refractivity contribution in [2.75, 3.05) is 13.7 Å². The molecule has 2 saturated carbocycles. The number of aliphatic hydroxyl groups is 1. The zero-order valence-electron chi connectivity index (χ0n) is 17.3. The van der Waals surface area contributed by atoms with E-state index in [1.807, 2.05) is 0 Å². The highest BCUT2D eigenvalue weighted by Crippen LogP contribution is 2.64. The number of amides is 1. The minimum Gasteiger partial charge on any atom is -0.468 e. The van der Waals surface area contributed by atoms with Crippen molar-refractivity contribution >= 4 is 11.9 Å². The van der Waals surface area contributed by atoms with Crippen LogP contribution < -0.4 is 5.32 Å². The first kappa shape index (κ1) is 19.7. The van der Waals surface area contributed by atoms with Crippen molar-refractivity contribution in [3.8, 4) is 0 Å². The lowest BCUT2D eigenvalue weighted by atomic mass is 9.47. The number of carbonyl (C=O) groups excluding carboxylic acids is 2. The van der Waals surface area contributed by atoms with Crippen LogP contribution in [0.3, 0.4) is 0 Å². The second kappa shape index (κ2) is 7.01. The van der Waals surface area contributed by atoms with Gasteiger partial charge in [-0.25, -0.2) is 0 Å². The molecule has 1 amide bonds. The first-order valence-electron chi connectivity index (χ1n) is 10.7. The number of rotatable bonds is 3. The van der Waals surface area contributed by atoms with Crippen molar-refractivity contribution in [3.63, 3.8) is 0 Å². The van der Waals surface area contributed by atoms with Crippen LogP contribution in [0.2, 0.25) is 0 Å². The van der Waals surface area contributed by atoms with Gasteiger partial charge in [0.15, 0.2) is 0 Å². The number of ether oxygens (including phenoxy) is 1. The maximum absolute atomic E-state index is 12.8. The number of fused-ring (bicyclic) bond motifs is 5. The molecule has 2 fully saturated rings. The van der Waals surface area contributed by atoms with Crippen LogP contribution in [0.25, 0.3) is 0 Å². The Kier molecular flexibility index (Phi) is 4.93. The molecule has 5 nitrogen and oxygen atoms in total. The van der Waals surface area contributed by atoms with Crippen LogP contribution in [0.15, 0.2) is 23.3 Å². The van der Waals surface area contributed by atoms with E-state index >= 15 is 0 Å². The van der Waals surface area contributed by atoms with Crippen LogP contribution in [0, 0.1) is 28.6 Å². The molecule has 0 aromatic rings. The third kappa shape index (κ3) is 2.94. The second-order valence-electron chi connectivity index (χ2n) is 9.72. The molecule has 0 aliphatic heterocycles. The third-order valence-electron chi connectivity index (χ3n) is 8.52. The molecule has 6 atom stereocenters. The number of nitrogens with one attached hydrogen (secondary N) is 1. The lowest BCUT2D eigenvalue weighted by Crippen LogP contribution is -2.51. The fraction of sp³-hybridized carbons (Fsp3) is 0.739. The molecule has 5 heteroatoms. The van der Waals surface area contributed by atoms with Gasteiger partial charge in [0.1, 0.15) is 6.54 Å². The van der Waals surface area contributed by atoms with Crippen molar-refractivity contribution < 1.29 is 19.4 Å². The van der Waals surface area contributed by atoms with E-state index in [1.54, 1.807) is 0 Å². The molecule has 0 unspecified atom stereocenters. The van der Waals surface area contributed by atoms with Crippen LogP contribution in [-0.4, -0.2) is 36.7 Å². The summed E-state index contributed by atoms with van der Waals surface area (Å²) in [7, 11) is 1.33. The molecule has 0 saturated heterocycles. The van der Waals surface area contributed by atoms with Crippen molar-refractivity contribution in [2.45, 2.75) is 64.9 Å². The van der Waals surface area contributed by atoms with Gasteiger partial charge in [0.25, 0.3) is 0 Å². The summed E-state index contributed by atoms with van der Waals surface area (Å²) in [6.45, 7) is 4.58. The van der Waals surface area contributed by atoms with Crippen molar-refractivity contribution in [1.29, 1.82) is 0 Å². The van der Waals surface area contributed by atoms with Crippen LogP contribution in [0.4, 0.5) is 0 Å². The van der Waals surface area contributed by atoms with E-state index < -0.39 is 5.97 Å². The zero-order valence-corrected chi connectivity index (χ0v) is 17.3. The van der Waals surface area contributed by atoms with Gasteiger partial charge in [0.05, 0.1) is 13.2 Å². The predicted octanol–water partition coefficient (Wildman–Crippen LogP) is 3.14. The summed E-state index contributed by atoms with van der Waals surface area (Å²) in [5.41, 5.74) is 2.42. The van der Waals surface area contributed by atoms with Crippen molar-refractivity contribution in [2.24, 2.45) is 28.6 Å². The van der Waals surface area contributed by atoms with E-state index in [0.717, 1.165) is 50.5 Å². The summed E-state index contributed by atoms with van der Waals surface area (Å²) in [4.78, 5) is 24.2. The normalized spacial score (nSPS) is 41.7. The van der Waals surface area contributed by atoms with Crippen molar-refractivity contribution in [1.82, 2.24) is 5.32 Å². The Morgan fingerprint density at radius 2 is 1.89 bits per heavy atom. The number of hydrogen-bond donors (Lipinski definition) is 2. The molecule has 0 spiro atoms. The van der Waals surface area contributed by atoms with E-state index in [-0.39, 0.29) is 29.4 Å². The minimum atomic E-state index is -0.422. The molecule has 4 aliphatic carbocycles. The topological polar surface area (TPSA) is 75.6 Å². The number of esters is 1. The second-order valence-corrected chi connectivity index (χ2v) is 9.72. The van der Waals surface area contributed by atoms with Gasteiger partial charge in [-0.05, 0) is 68.1 Å². The number of methoxy groups -OCH3 is 1. The summed E-state index contributed by atoms with van der Waals surface area (Å²) in [5.74, 6) is 1.17. The summed E-state index contributed by atoms with van der Waals surface area (Å²) >= 11 is 0. The fourth-order valence-electron chi connectivity index (χ4n) is 6.88. The van der Waals surface area contributed by atoms with Crippen LogP contribution in [0.5, 0.6) is 0 Å². The first-order valence-corrected chi connectivity index (χ1v) is 10.7. The van der Waals surface area contributed by atoms with Gasteiger partial charge in [-0.2, -0.15) is 0 Å². The Bertz CT molecular complexity index is 741. The fourth-order valence-corrected chi connectivity index (χ4v) is 6.88. The Labute approximate surface area is 167 Å². The molecule has 0 bridgehead atoms. The van der Waals surface area contributed by atoms with Gasteiger partial charge in [-0.3, -0.25) is 9.59 Å². The van der Waals surface area contributed by atoms with Gasteiger partial charge < -0.3 is 15.2 Å². The average Bonchev–Trinajstić information content (AvgIpc) is 3.03. The SMILES string of the molecule is COC(=O)CNC(=O)C1=CC[C@H]2[C@@H]3CC=C4C[C@@H](O)CC[C@]4(C)[C@H]3CC[C@@]12C. The summed E-state index contributed by atoms with van der Waals surface area (Å²) < 4.78 is 4.64. The van der Waals surface area contributed by atoms with Gasteiger partial charge in [0.2, 0.25) is 5.91 Å². The van der Waals surface area contributed by atoms with Crippen LogP contribution in [-0.2, 0) is 14.3 Å². The average molecular weight is 388 g/mol. The zero-order chi connectivity index (χ0) is 20.1. The van der Waals surface area contributed by atoms with E-state index in [2.05, 4.69) is 36.1 Å². The lowest BCUT2D eigenvalue weighted by molar-refractivity contribution is -0.141. The van der Waals surface area contributed by atoms with Crippen molar-refractivity contribution in [3.05, 3.63) is 23.3 Å². The Morgan fingerprint density at radius 1 is 1.14 bits per heavy atom. The highest BCUT2D eigenvalue weighted by Gasteiger charge is 2.57. The summed E-state index contributed by atoms with van der Waals surface area (Å²) in [5, 5.41) is 12.9. The lowest BCUT2D eigenvalue weighted by Gasteiger charge is -2.57.